The van der Waals surface area contributed by atoms with E-state index < -0.39 is 11.7 Å². The van der Waals surface area contributed by atoms with Gasteiger partial charge in [0.15, 0.2) is 0 Å². The molecular weight excluding hydrogens is 413 g/mol. The van der Waals surface area contributed by atoms with Crippen LogP contribution in [0, 0.1) is 11.8 Å². The molecule has 0 N–H and O–H groups in total. The number of alkyl halides is 3. The molecule has 3 nitrogen and oxygen atoms in total. The lowest BCUT2D eigenvalue weighted by Crippen LogP contribution is -2.42. The van der Waals surface area contributed by atoms with Crippen LogP contribution in [0.4, 0.5) is 18.9 Å². The number of rotatable bonds is 8. The van der Waals surface area contributed by atoms with Gasteiger partial charge >= 0.3 is 6.18 Å². The van der Waals surface area contributed by atoms with Crippen molar-refractivity contribution in [2.75, 3.05) is 45.2 Å². The van der Waals surface area contributed by atoms with Gasteiger partial charge < -0.3 is 14.5 Å². The van der Waals surface area contributed by atoms with Crippen molar-refractivity contribution < 1.29 is 17.9 Å². The molecule has 1 saturated heterocycles. The molecule has 0 spiro atoms. The molecule has 2 aromatic carbocycles. The first-order valence-corrected chi connectivity index (χ1v) is 11.4. The van der Waals surface area contributed by atoms with Crippen LogP contribution in [0.2, 0.25) is 0 Å². The maximum atomic E-state index is 12.8. The number of halogens is 3. The fourth-order valence-electron chi connectivity index (χ4n) is 4.32. The molecule has 2 atom stereocenters. The van der Waals surface area contributed by atoms with Crippen molar-refractivity contribution in [1.29, 1.82) is 0 Å². The summed E-state index contributed by atoms with van der Waals surface area (Å²) in [6.07, 6.45) is -2.11. The lowest BCUT2D eigenvalue weighted by atomic mass is 9.80. The van der Waals surface area contributed by atoms with Crippen molar-refractivity contribution in [1.82, 2.24) is 4.90 Å². The first-order valence-electron chi connectivity index (χ1n) is 11.4. The summed E-state index contributed by atoms with van der Waals surface area (Å²) in [6, 6.07) is 13.7. The van der Waals surface area contributed by atoms with Gasteiger partial charge in [-0.1, -0.05) is 26.0 Å². The molecule has 0 amide bonds. The fourth-order valence-corrected chi connectivity index (χ4v) is 4.32. The van der Waals surface area contributed by atoms with Crippen molar-refractivity contribution in [2.24, 2.45) is 11.8 Å². The Morgan fingerprint density at radius 2 is 1.69 bits per heavy atom. The predicted molar refractivity (Wildman–Crippen MR) is 124 cm³/mol. The topological polar surface area (TPSA) is 15.7 Å². The van der Waals surface area contributed by atoms with Crippen LogP contribution in [0.1, 0.15) is 43.7 Å². The van der Waals surface area contributed by atoms with Crippen LogP contribution >= 0.6 is 0 Å². The SMILES string of the molecule is CC(C)CCN1CCC(c2ccc(N(C)C)cc2)C(COc2ccc(C(F)(F)F)cc2)C1. The van der Waals surface area contributed by atoms with Gasteiger partial charge in [0.2, 0.25) is 0 Å². The van der Waals surface area contributed by atoms with E-state index >= 15 is 0 Å². The van der Waals surface area contributed by atoms with Gasteiger partial charge in [0, 0.05) is 32.2 Å². The van der Waals surface area contributed by atoms with Gasteiger partial charge in [-0.25, -0.2) is 0 Å². The Balaban J connectivity index is 1.71. The minimum atomic E-state index is -4.33. The largest absolute Gasteiger partial charge is 0.493 e. The van der Waals surface area contributed by atoms with E-state index in [-0.39, 0.29) is 5.92 Å². The molecule has 0 bridgehead atoms. The Morgan fingerprint density at radius 1 is 1.03 bits per heavy atom. The third-order valence-electron chi connectivity index (χ3n) is 6.32. The number of benzene rings is 2. The lowest BCUT2D eigenvalue weighted by Gasteiger charge is -2.39. The minimum Gasteiger partial charge on any atom is -0.493 e. The molecule has 176 valence electrons. The van der Waals surface area contributed by atoms with Crippen LogP contribution < -0.4 is 9.64 Å². The van der Waals surface area contributed by atoms with Crippen molar-refractivity contribution >= 4 is 5.69 Å². The zero-order chi connectivity index (χ0) is 23.3. The number of anilines is 1. The average molecular weight is 449 g/mol. The van der Waals surface area contributed by atoms with Gasteiger partial charge in [0.1, 0.15) is 5.75 Å². The Hall–Kier alpha value is -2.21. The smallest absolute Gasteiger partial charge is 0.416 e. The summed E-state index contributed by atoms with van der Waals surface area (Å²) in [7, 11) is 4.06. The quantitative estimate of drug-likeness (QED) is 0.471. The van der Waals surface area contributed by atoms with Crippen LogP contribution in [0.5, 0.6) is 5.75 Å². The van der Waals surface area contributed by atoms with Crippen molar-refractivity contribution in [3.05, 3.63) is 59.7 Å². The molecule has 1 aliphatic heterocycles. The van der Waals surface area contributed by atoms with E-state index in [0.717, 1.165) is 44.6 Å². The molecule has 32 heavy (non-hydrogen) atoms. The van der Waals surface area contributed by atoms with E-state index in [9.17, 15) is 13.2 Å². The van der Waals surface area contributed by atoms with Crippen LogP contribution in [0.15, 0.2) is 48.5 Å². The van der Waals surface area contributed by atoms with E-state index in [0.29, 0.717) is 24.2 Å². The van der Waals surface area contributed by atoms with E-state index in [1.54, 1.807) is 0 Å². The van der Waals surface area contributed by atoms with Gasteiger partial charge in [-0.3, -0.25) is 0 Å². The number of nitrogens with zero attached hydrogens (tertiary/aromatic N) is 2. The standard InChI is InChI=1S/C26H35F3N2O/c1-19(2)13-15-31-16-14-25(20-5-9-23(10-6-20)30(3)4)21(17-31)18-32-24-11-7-22(8-12-24)26(27,28)29/h5-12,19,21,25H,13-18H2,1-4H3. The van der Waals surface area contributed by atoms with E-state index in [2.05, 4.69) is 47.9 Å². The second kappa shape index (κ2) is 10.6. The summed E-state index contributed by atoms with van der Waals surface area (Å²) in [5.74, 6) is 1.80. The van der Waals surface area contributed by atoms with Gasteiger partial charge in [-0.05, 0) is 79.7 Å². The van der Waals surface area contributed by atoms with Crippen molar-refractivity contribution in [3.63, 3.8) is 0 Å². The number of ether oxygens (including phenoxy) is 1. The highest BCUT2D eigenvalue weighted by molar-refractivity contribution is 5.46. The second-order valence-corrected chi connectivity index (χ2v) is 9.46. The zero-order valence-corrected chi connectivity index (χ0v) is 19.5. The van der Waals surface area contributed by atoms with Gasteiger partial charge in [0.05, 0.1) is 12.2 Å². The Labute approximate surface area is 190 Å². The summed E-state index contributed by atoms with van der Waals surface area (Å²) in [5, 5.41) is 0. The first kappa shape index (κ1) is 24.4. The summed E-state index contributed by atoms with van der Waals surface area (Å²) >= 11 is 0. The summed E-state index contributed by atoms with van der Waals surface area (Å²) in [4.78, 5) is 4.59. The van der Waals surface area contributed by atoms with Crippen molar-refractivity contribution in [2.45, 2.75) is 38.8 Å². The molecule has 1 heterocycles. The maximum absolute atomic E-state index is 12.8. The van der Waals surface area contributed by atoms with Crippen molar-refractivity contribution in [3.8, 4) is 5.75 Å². The zero-order valence-electron chi connectivity index (χ0n) is 19.5. The van der Waals surface area contributed by atoms with Gasteiger partial charge in [-0.15, -0.1) is 0 Å². The third-order valence-corrected chi connectivity index (χ3v) is 6.32. The van der Waals surface area contributed by atoms with Gasteiger partial charge in [0.25, 0.3) is 0 Å². The maximum Gasteiger partial charge on any atom is 0.416 e. The molecule has 6 heteroatoms. The van der Waals surface area contributed by atoms with E-state index in [4.69, 9.17) is 4.74 Å². The normalized spacial score (nSPS) is 19.9. The Morgan fingerprint density at radius 3 is 2.25 bits per heavy atom. The number of hydrogen-bond donors (Lipinski definition) is 0. The Bertz CT molecular complexity index is 832. The molecule has 0 aliphatic carbocycles. The minimum absolute atomic E-state index is 0.281. The first-order chi connectivity index (χ1) is 15.1. The predicted octanol–water partition coefficient (Wildman–Crippen LogP) is 6.30. The molecule has 2 unspecified atom stereocenters. The highest BCUT2D eigenvalue weighted by atomic mass is 19.4. The fraction of sp³-hybridized carbons (Fsp3) is 0.538. The summed E-state index contributed by atoms with van der Waals surface area (Å²) < 4.78 is 44.5. The van der Waals surface area contributed by atoms with Gasteiger partial charge in [-0.2, -0.15) is 13.2 Å². The lowest BCUT2D eigenvalue weighted by molar-refractivity contribution is -0.137. The highest BCUT2D eigenvalue weighted by Gasteiger charge is 2.32. The highest BCUT2D eigenvalue weighted by Crippen LogP contribution is 2.35. The van der Waals surface area contributed by atoms with Crippen LogP contribution in [-0.2, 0) is 6.18 Å². The third kappa shape index (κ3) is 6.64. The Kier molecular flexibility index (Phi) is 8.10. The van der Waals surface area contributed by atoms with E-state index in [1.165, 1.54) is 23.4 Å². The molecule has 0 aromatic heterocycles. The van der Waals surface area contributed by atoms with Crippen LogP contribution in [-0.4, -0.2) is 45.2 Å². The van der Waals surface area contributed by atoms with Crippen LogP contribution in [0.3, 0.4) is 0 Å². The monoisotopic (exact) mass is 448 g/mol. The summed E-state index contributed by atoms with van der Waals surface area (Å²) in [5.41, 5.74) is 1.82. The summed E-state index contributed by atoms with van der Waals surface area (Å²) in [6.45, 7) is 8.04. The molecule has 1 aliphatic rings. The number of hydrogen-bond acceptors (Lipinski definition) is 3. The number of piperidine rings is 1. The van der Waals surface area contributed by atoms with Crippen LogP contribution in [0.25, 0.3) is 0 Å². The molecule has 0 radical (unpaired) electrons. The molecule has 1 fully saturated rings. The molecule has 2 aromatic rings. The number of likely N-dealkylation sites (tertiary alicyclic amines) is 1. The molecular formula is C26H35F3N2O. The average Bonchev–Trinajstić information content (AvgIpc) is 2.76. The van der Waals surface area contributed by atoms with E-state index in [1.807, 2.05) is 14.1 Å². The second-order valence-electron chi connectivity index (χ2n) is 9.46. The molecule has 3 rings (SSSR count). The molecule has 0 saturated carbocycles.